The number of ether oxygens (including phenoxy) is 1. The van der Waals surface area contributed by atoms with E-state index in [1.54, 1.807) is 6.07 Å². The smallest absolute Gasteiger partial charge is 0.122 e. The zero-order valence-electron chi connectivity index (χ0n) is 12.5. The third-order valence-corrected chi connectivity index (χ3v) is 4.07. The molecule has 0 saturated carbocycles. The van der Waals surface area contributed by atoms with Crippen molar-refractivity contribution in [3.63, 3.8) is 0 Å². The molecule has 1 atom stereocenters. The quantitative estimate of drug-likeness (QED) is 0.883. The third kappa shape index (κ3) is 2.82. The summed E-state index contributed by atoms with van der Waals surface area (Å²) < 4.78 is 5.56. The van der Waals surface area contributed by atoms with Gasteiger partial charge in [-0.25, -0.2) is 0 Å². The van der Waals surface area contributed by atoms with Crippen molar-refractivity contribution in [3.05, 3.63) is 53.1 Å². The van der Waals surface area contributed by atoms with Crippen molar-refractivity contribution in [2.24, 2.45) is 0 Å². The first kappa shape index (κ1) is 13.8. The summed E-state index contributed by atoms with van der Waals surface area (Å²) in [7, 11) is 0. The molecule has 0 bridgehead atoms. The number of phenols is 1. The van der Waals surface area contributed by atoms with Gasteiger partial charge in [-0.1, -0.05) is 19.1 Å². The van der Waals surface area contributed by atoms with E-state index in [9.17, 15) is 5.11 Å². The topological polar surface area (TPSA) is 41.5 Å². The molecule has 2 aromatic rings. The zero-order valence-corrected chi connectivity index (χ0v) is 12.5. The van der Waals surface area contributed by atoms with E-state index >= 15 is 0 Å². The summed E-state index contributed by atoms with van der Waals surface area (Å²) in [6.45, 7) is 4.85. The van der Waals surface area contributed by atoms with Gasteiger partial charge in [-0.3, -0.25) is 0 Å². The molecule has 21 heavy (non-hydrogen) atoms. The van der Waals surface area contributed by atoms with Crippen molar-refractivity contribution in [1.82, 2.24) is 0 Å². The van der Waals surface area contributed by atoms with Crippen molar-refractivity contribution < 1.29 is 9.84 Å². The van der Waals surface area contributed by atoms with Crippen LogP contribution >= 0.6 is 0 Å². The Morgan fingerprint density at radius 3 is 2.86 bits per heavy atom. The van der Waals surface area contributed by atoms with Crippen molar-refractivity contribution in [1.29, 1.82) is 0 Å². The maximum Gasteiger partial charge on any atom is 0.122 e. The van der Waals surface area contributed by atoms with Crippen LogP contribution in [0.1, 0.15) is 36.1 Å². The third-order valence-electron chi connectivity index (χ3n) is 4.07. The van der Waals surface area contributed by atoms with Crippen molar-refractivity contribution in [2.45, 2.75) is 32.7 Å². The zero-order chi connectivity index (χ0) is 14.8. The summed E-state index contributed by atoms with van der Waals surface area (Å²) >= 11 is 0. The molecule has 110 valence electrons. The summed E-state index contributed by atoms with van der Waals surface area (Å²) in [5, 5.41) is 13.3. The highest BCUT2D eigenvalue weighted by atomic mass is 16.5. The second-order valence-corrected chi connectivity index (χ2v) is 5.57. The second kappa shape index (κ2) is 5.68. The van der Waals surface area contributed by atoms with E-state index < -0.39 is 0 Å². The monoisotopic (exact) mass is 283 g/mol. The minimum absolute atomic E-state index is 0.234. The molecular weight excluding hydrogens is 262 g/mol. The fourth-order valence-corrected chi connectivity index (χ4v) is 2.74. The van der Waals surface area contributed by atoms with Crippen LogP contribution in [0.2, 0.25) is 0 Å². The van der Waals surface area contributed by atoms with Gasteiger partial charge in [0.25, 0.3) is 0 Å². The molecule has 0 amide bonds. The molecule has 1 heterocycles. The van der Waals surface area contributed by atoms with Crippen molar-refractivity contribution in [3.8, 4) is 11.5 Å². The molecule has 3 nitrogen and oxygen atoms in total. The lowest BCUT2D eigenvalue weighted by Gasteiger charge is -2.20. The summed E-state index contributed by atoms with van der Waals surface area (Å²) in [6.07, 6.45) is 1.97. The Hall–Kier alpha value is -2.16. The molecule has 3 rings (SSSR count). The molecule has 1 aliphatic heterocycles. The van der Waals surface area contributed by atoms with Crippen LogP contribution in [0.4, 0.5) is 5.69 Å². The standard InChI is InChI=1S/C18H21NO2/c1-3-16(19-15-6-4-12(2)17(20)11-15)13-5-7-18-14(10-13)8-9-21-18/h4-7,10-11,16,19-20H,3,8-9H2,1-2H3. The number of rotatable bonds is 4. The van der Waals surface area contributed by atoms with Crippen molar-refractivity contribution >= 4 is 5.69 Å². The van der Waals surface area contributed by atoms with Crippen LogP contribution in [0.5, 0.6) is 11.5 Å². The van der Waals surface area contributed by atoms with Crippen LogP contribution in [0.3, 0.4) is 0 Å². The number of hydrogen-bond donors (Lipinski definition) is 2. The van der Waals surface area contributed by atoms with E-state index in [0.29, 0.717) is 5.75 Å². The fraction of sp³-hybridized carbons (Fsp3) is 0.333. The Kier molecular flexibility index (Phi) is 3.74. The molecule has 0 fully saturated rings. The highest BCUT2D eigenvalue weighted by molar-refractivity contribution is 5.53. The van der Waals surface area contributed by atoms with Crippen LogP contribution in [0.15, 0.2) is 36.4 Å². The lowest BCUT2D eigenvalue weighted by Crippen LogP contribution is -2.09. The molecule has 0 spiro atoms. The molecular formula is C18H21NO2. The van der Waals surface area contributed by atoms with Gasteiger partial charge in [0.05, 0.1) is 12.6 Å². The van der Waals surface area contributed by atoms with Gasteiger partial charge in [0.1, 0.15) is 11.5 Å². The largest absolute Gasteiger partial charge is 0.508 e. The van der Waals surface area contributed by atoms with Gasteiger partial charge in [0.2, 0.25) is 0 Å². The van der Waals surface area contributed by atoms with E-state index in [4.69, 9.17) is 4.74 Å². The first-order valence-electron chi connectivity index (χ1n) is 7.49. The van der Waals surface area contributed by atoms with E-state index in [2.05, 4.69) is 30.4 Å². The average molecular weight is 283 g/mol. The molecule has 2 aromatic carbocycles. The Morgan fingerprint density at radius 2 is 2.10 bits per heavy atom. The highest BCUT2D eigenvalue weighted by Gasteiger charge is 2.16. The number of benzene rings is 2. The molecule has 0 saturated heterocycles. The van der Waals surface area contributed by atoms with Crippen LogP contribution in [0.25, 0.3) is 0 Å². The maximum atomic E-state index is 9.83. The second-order valence-electron chi connectivity index (χ2n) is 5.57. The van der Waals surface area contributed by atoms with Gasteiger partial charge in [0.15, 0.2) is 0 Å². The van der Waals surface area contributed by atoms with E-state index in [-0.39, 0.29) is 6.04 Å². The Bertz CT molecular complexity index is 652. The number of fused-ring (bicyclic) bond motifs is 1. The fourth-order valence-electron chi connectivity index (χ4n) is 2.74. The van der Waals surface area contributed by atoms with Crippen LogP contribution in [-0.4, -0.2) is 11.7 Å². The normalized spacial score (nSPS) is 14.4. The molecule has 1 aliphatic rings. The van der Waals surface area contributed by atoms with E-state index in [1.165, 1.54) is 11.1 Å². The van der Waals surface area contributed by atoms with Crippen LogP contribution < -0.4 is 10.1 Å². The van der Waals surface area contributed by atoms with Gasteiger partial charge in [0, 0.05) is 18.2 Å². The van der Waals surface area contributed by atoms with Crippen LogP contribution in [0, 0.1) is 6.92 Å². The number of hydrogen-bond acceptors (Lipinski definition) is 3. The number of nitrogens with one attached hydrogen (secondary N) is 1. The van der Waals surface area contributed by atoms with E-state index in [0.717, 1.165) is 36.4 Å². The lowest BCUT2D eigenvalue weighted by atomic mass is 10.0. The molecule has 0 radical (unpaired) electrons. The van der Waals surface area contributed by atoms with E-state index in [1.807, 2.05) is 19.1 Å². The number of anilines is 1. The predicted octanol–water partition coefficient (Wildman–Crippen LogP) is 4.20. The molecule has 3 heteroatoms. The molecule has 2 N–H and O–H groups in total. The summed E-state index contributed by atoms with van der Waals surface area (Å²) in [4.78, 5) is 0. The predicted molar refractivity (Wildman–Crippen MR) is 85.1 cm³/mol. The lowest BCUT2D eigenvalue weighted by molar-refractivity contribution is 0.357. The minimum atomic E-state index is 0.234. The number of aromatic hydroxyl groups is 1. The van der Waals surface area contributed by atoms with Gasteiger partial charge >= 0.3 is 0 Å². The first-order valence-corrected chi connectivity index (χ1v) is 7.49. The maximum absolute atomic E-state index is 9.83. The average Bonchev–Trinajstić information content (AvgIpc) is 2.95. The van der Waals surface area contributed by atoms with Crippen LogP contribution in [-0.2, 0) is 6.42 Å². The van der Waals surface area contributed by atoms with Gasteiger partial charge in [-0.05, 0) is 48.2 Å². The molecule has 1 unspecified atom stereocenters. The summed E-state index contributed by atoms with van der Waals surface area (Å²) in [5.74, 6) is 1.35. The minimum Gasteiger partial charge on any atom is -0.508 e. The number of phenolic OH excluding ortho intramolecular Hbond substituents is 1. The Morgan fingerprint density at radius 1 is 1.24 bits per heavy atom. The summed E-state index contributed by atoms with van der Waals surface area (Å²) in [6, 6.07) is 12.4. The molecule has 0 aliphatic carbocycles. The van der Waals surface area contributed by atoms with Gasteiger partial charge in [-0.2, -0.15) is 0 Å². The number of aryl methyl sites for hydroxylation is 1. The Balaban J connectivity index is 1.83. The highest BCUT2D eigenvalue weighted by Crippen LogP contribution is 2.31. The SMILES string of the molecule is CCC(Nc1ccc(C)c(O)c1)c1ccc2c(c1)CCO2. The Labute approximate surface area is 125 Å². The summed E-state index contributed by atoms with van der Waals surface area (Å²) in [5.41, 5.74) is 4.39. The van der Waals surface area contributed by atoms with Gasteiger partial charge < -0.3 is 15.2 Å². The first-order chi connectivity index (χ1) is 10.2. The molecule has 0 aromatic heterocycles. The van der Waals surface area contributed by atoms with Crippen molar-refractivity contribution in [2.75, 3.05) is 11.9 Å². The van der Waals surface area contributed by atoms with Gasteiger partial charge in [-0.15, -0.1) is 0 Å².